The molecule has 0 saturated carbocycles. The molecule has 4 heteroatoms. The average Bonchev–Trinajstić information content (AvgIpc) is 2.61. The summed E-state index contributed by atoms with van der Waals surface area (Å²) < 4.78 is 19.7. The van der Waals surface area contributed by atoms with Crippen LogP contribution in [0.25, 0.3) is 0 Å². The van der Waals surface area contributed by atoms with Crippen molar-refractivity contribution in [2.24, 2.45) is 5.92 Å². The largest absolute Gasteiger partial charge is 0.374 e. The maximum atomic E-state index is 14.2. The molecule has 1 saturated heterocycles. The van der Waals surface area contributed by atoms with Crippen LogP contribution >= 0.6 is 23.2 Å². The van der Waals surface area contributed by atoms with E-state index in [4.69, 9.17) is 27.9 Å². The summed E-state index contributed by atoms with van der Waals surface area (Å²) in [6, 6.07) is 0. The van der Waals surface area contributed by atoms with Crippen molar-refractivity contribution in [3.05, 3.63) is 71.6 Å². The van der Waals surface area contributed by atoms with Crippen LogP contribution in [-0.2, 0) is 4.74 Å². The number of ether oxygens (including phenoxy) is 1. The minimum absolute atomic E-state index is 0.244. The van der Waals surface area contributed by atoms with E-state index in [9.17, 15) is 4.39 Å². The fourth-order valence-electron chi connectivity index (χ4n) is 2.13. The van der Waals surface area contributed by atoms with Crippen molar-refractivity contribution in [3.63, 3.8) is 0 Å². The monoisotopic (exact) mass is 386 g/mol. The third-order valence-electron chi connectivity index (χ3n) is 3.48. The number of rotatable bonds is 7. The Hall–Kier alpha value is -1.09. The van der Waals surface area contributed by atoms with E-state index in [1.54, 1.807) is 24.3 Å². The highest BCUT2D eigenvalue weighted by Gasteiger charge is 2.13. The Bertz CT molecular complexity index is 534. The zero-order valence-electron chi connectivity index (χ0n) is 15.4. The van der Waals surface area contributed by atoms with E-state index < -0.39 is 0 Å². The summed E-state index contributed by atoms with van der Waals surface area (Å²) in [4.78, 5) is 0. The first-order valence-corrected chi connectivity index (χ1v) is 9.47. The SMILES string of the molecule is C=CC(/C=C(F)\C=C1\CC[C@H](C)OC1)C(=C)/C=C(Cl)\C=C/CCl.CC. The summed E-state index contributed by atoms with van der Waals surface area (Å²) in [5.41, 5.74) is 1.62. The van der Waals surface area contributed by atoms with Crippen LogP contribution in [-0.4, -0.2) is 18.6 Å². The van der Waals surface area contributed by atoms with E-state index in [1.165, 1.54) is 12.2 Å². The molecule has 2 atom stereocenters. The molecule has 0 aliphatic carbocycles. The molecule has 140 valence electrons. The predicted octanol–water partition coefficient (Wildman–Crippen LogP) is 7.27. The molecule has 1 aliphatic rings. The van der Waals surface area contributed by atoms with Crippen LogP contribution in [0, 0.1) is 5.92 Å². The van der Waals surface area contributed by atoms with Gasteiger partial charge in [0.15, 0.2) is 0 Å². The first kappa shape index (κ1) is 23.9. The van der Waals surface area contributed by atoms with Gasteiger partial charge in [-0.25, -0.2) is 4.39 Å². The van der Waals surface area contributed by atoms with Gasteiger partial charge in [0.2, 0.25) is 0 Å². The van der Waals surface area contributed by atoms with Crippen LogP contribution in [0.3, 0.4) is 0 Å². The maximum Gasteiger partial charge on any atom is 0.120 e. The van der Waals surface area contributed by atoms with Crippen LogP contribution in [0.5, 0.6) is 0 Å². The van der Waals surface area contributed by atoms with Gasteiger partial charge in [0.05, 0.1) is 12.7 Å². The Morgan fingerprint density at radius 3 is 2.64 bits per heavy atom. The van der Waals surface area contributed by atoms with Gasteiger partial charge in [-0.05, 0) is 55.2 Å². The summed E-state index contributed by atoms with van der Waals surface area (Å²) in [5, 5.41) is 0.490. The van der Waals surface area contributed by atoms with Gasteiger partial charge in [0.25, 0.3) is 0 Å². The number of hydrogen-bond donors (Lipinski definition) is 0. The lowest BCUT2D eigenvalue weighted by molar-refractivity contribution is 0.0557. The molecular formula is C21H29Cl2FO. The quantitative estimate of drug-likeness (QED) is 0.254. The van der Waals surface area contributed by atoms with Crippen molar-refractivity contribution in [1.82, 2.24) is 0 Å². The first-order valence-electron chi connectivity index (χ1n) is 8.55. The van der Waals surface area contributed by atoms with E-state index >= 15 is 0 Å². The Labute approximate surface area is 162 Å². The van der Waals surface area contributed by atoms with Crippen molar-refractivity contribution in [3.8, 4) is 0 Å². The van der Waals surface area contributed by atoms with Gasteiger partial charge in [-0.2, -0.15) is 0 Å². The third kappa shape index (κ3) is 10.5. The van der Waals surface area contributed by atoms with E-state index in [0.29, 0.717) is 23.1 Å². The normalized spacial score (nSPS) is 21.7. The van der Waals surface area contributed by atoms with Gasteiger partial charge >= 0.3 is 0 Å². The Balaban J connectivity index is 0.00000277. The van der Waals surface area contributed by atoms with Crippen LogP contribution in [0.1, 0.15) is 33.6 Å². The molecule has 25 heavy (non-hydrogen) atoms. The van der Waals surface area contributed by atoms with Gasteiger partial charge in [0.1, 0.15) is 5.83 Å². The second-order valence-electron chi connectivity index (χ2n) is 5.44. The summed E-state index contributed by atoms with van der Waals surface area (Å²) in [6.45, 7) is 14.2. The number of alkyl halides is 1. The van der Waals surface area contributed by atoms with Crippen LogP contribution in [0.4, 0.5) is 4.39 Å². The molecule has 0 aromatic rings. The molecule has 0 spiro atoms. The highest BCUT2D eigenvalue weighted by atomic mass is 35.5. The van der Waals surface area contributed by atoms with E-state index in [2.05, 4.69) is 13.2 Å². The summed E-state index contributed by atoms with van der Waals surface area (Å²) in [6.07, 6.45) is 11.8. The molecule has 1 heterocycles. The van der Waals surface area contributed by atoms with Crippen molar-refractivity contribution in [2.45, 2.75) is 39.7 Å². The predicted molar refractivity (Wildman–Crippen MR) is 110 cm³/mol. The molecule has 1 aliphatic heterocycles. The molecule has 1 unspecified atom stereocenters. The zero-order chi connectivity index (χ0) is 19.2. The maximum absolute atomic E-state index is 14.2. The molecule has 0 bridgehead atoms. The standard InChI is InChI=1S/C19H23Cl2FO.C2H6/c1-4-17(14(2)10-18(21)6-5-9-20)12-19(22)11-16-8-7-15(3)23-13-16;1-2/h4-6,10-12,15,17H,1-2,7-9,13H2,3H3;1-2H3/b6-5-,16-11-,18-10+,19-12+;/t15-,17?;/m0./s1. The molecule has 0 aromatic heterocycles. The lowest BCUT2D eigenvalue weighted by atomic mass is 9.98. The minimum Gasteiger partial charge on any atom is -0.374 e. The summed E-state index contributed by atoms with van der Waals surface area (Å²) >= 11 is 11.6. The second-order valence-corrected chi connectivity index (χ2v) is 6.18. The minimum atomic E-state index is -0.326. The first-order chi connectivity index (χ1) is 12.0. The van der Waals surface area contributed by atoms with Crippen molar-refractivity contribution < 1.29 is 9.13 Å². The summed E-state index contributed by atoms with van der Waals surface area (Å²) in [7, 11) is 0. The molecule has 0 N–H and O–H groups in total. The lowest BCUT2D eigenvalue weighted by Crippen LogP contribution is -2.17. The van der Waals surface area contributed by atoms with Crippen LogP contribution in [0.15, 0.2) is 71.6 Å². The Morgan fingerprint density at radius 2 is 2.12 bits per heavy atom. The van der Waals surface area contributed by atoms with Crippen molar-refractivity contribution >= 4 is 23.2 Å². The lowest BCUT2D eigenvalue weighted by Gasteiger charge is -2.21. The molecule has 1 fully saturated rings. The third-order valence-corrected chi connectivity index (χ3v) is 3.89. The smallest absolute Gasteiger partial charge is 0.120 e. The highest BCUT2D eigenvalue weighted by Crippen LogP contribution is 2.23. The van der Waals surface area contributed by atoms with Crippen LogP contribution < -0.4 is 0 Å². The molecule has 0 aromatic carbocycles. The van der Waals surface area contributed by atoms with Gasteiger partial charge in [-0.3, -0.25) is 0 Å². The topological polar surface area (TPSA) is 9.23 Å². The number of halogens is 3. The van der Waals surface area contributed by atoms with Gasteiger partial charge in [0, 0.05) is 16.8 Å². The number of hydrogen-bond acceptors (Lipinski definition) is 1. The van der Waals surface area contributed by atoms with Crippen molar-refractivity contribution in [2.75, 3.05) is 12.5 Å². The van der Waals surface area contributed by atoms with E-state index in [0.717, 1.165) is 18.4 Å². The van der Waals surface area contributed by atoms with Crippen LogP contribution in [0.2, 0.25) is 0 Å². The molecule has 0 radical (unpaired) electrons. The molecule has 1 nitrogen and oxygen atoms in total. The Kier molecular flexibility index (Phi) is 13.5. The van der Waals surface area contributed by atoms with Gasteiger partial charge in [-0.1, -0.05) is 44.2 Å². The molecular weight excluding hydrogens is 358 g/mol. The fourth-order valence-corrected chi connectivity index (χ4v) is 2.45. The second kappa shape index (κ2) is 14.1. The molecule has 1 rings (SSSR count). The van der Waals surface area contributed by atoms with Gasteiger partial charge < -0.3 is 4.74 Å². The Morgan fingerprint density at radius 1 is 1.44 bits per heavy atom. The van der Waals surface area contributed by atoms with Crippen molar-refractivity contribution in [1.29, 1.82) is 0 Å². The fraction of sp³-hybridized carbons (Fsp3) is 0.429. The van der Waals surface area contributed by atoms with Gasteiger partial charge in [-0.15, -0.1) is 18.2 Å². The average molecular weight is 387 g/mol. The summed E-state index contributed by atoms with van der Waals surface area (Å²) in [5.74, 6) is -0.261. The van der Waals surface area contributed by atoms with E-state index in [1.807, 2.05) is 20.8 Å². The number of allylic oxidation sites excluding steroid dienone is 9. The molecule has 0 amide bonds. The zero-order valence-corrected chi connectivity index (χ0v) is 16.9. The highest BCUT2D eigenvalue weighted by molar-refractivity contribution is 6.31. The van der Waals surface area contributed by atoms with E-state index in [-0.39, 0.29) is 17.8 Å².